The second kappa shape index (κ2) is 26.0. The van der Waals surface area contributed by atoms with Gasteiger partial charge in [0.1, 0.15) is 146 Å². The van der Waals surface area contributed by atoms with Crippen molar-refractivity contribution in [1.82, 2.24) is 10.6 Å². The lowest BCUT2D eigenvalue weighted by Crippen LogP contribution is -2.70. The fraction of sp³-hybridized carbons (Fsp3) is 0.950. The minimum atomic E-state index is -2.27. The molecule has 0 spiro atoms. The van der Waals surface area contributed by atoms with Crippen molar-refractivity contribution >= 4 is 11.8 Å². The predicted molar refractivity (Wildman–Crippen MR) is 222 cm³/mol. The smallest absolute Gasteiger partial charge is 0.217 e. The Bertz CT molecular complexity index is 1750. The lowest BCUT2D eigenvalue weighted by Gasteiger charge is -2.50. The summed E-state index contributed by atoms with van der Waals surface area (Å²) in [5, 5.41) is 197. The van der Waals surface area contributed by atoms with Gasteiger partial charge in [-0.3, -0.25) is 9.59 Å². The van der Waals surface area contributed by atoms with Gasteiger partial charge in [-0.05, 0) is 0 Å². The summed E-state index contributed by atoms with van der Waals surface area (Å²) in [6.45, 7) is -3.62. The molecule has 30 atom stereocenters. The molecule has 0 radical (unpaired) electrons. The molecule has 0 aliphatic carbocycles. The van der Waals surface area contributed by atoms with Crippen LogP contribution in [0, 0.1) is 0 Å². The zero-order valence-electron chi connectivity index (χ0n) is 38.9. The van der Waals surface area contributed by atoms with E-state index >= 15 is 0 Å². The summed E-state index contributed by atoms with van der Waals surface area (Å²) in [4.78, 5) is 24.4. The lowest BCUT2D eigenvalue weighted by atomic mass is 9.94. The molecule has 33 nitrogen and oxygen atoms in total. The van der Waals surface area contributed by atoms with Crippen LogP contribution in [0.4, 0.5) is 0 Å². The van der Waals surface area contributed by atoms with Crippen LogP contribution in [0.2, 0.25) is 0 Å². The number of hydrogen-bond acceptors (Lipinski definition) is 31. The Labute approximate surface area is 413 Å². The normalized spacial score (nSPS) is 49.8. The largest absolute Gasteiger partial charge is 0.394 e. The summed E-state index contributed by atoms with van der Waals surface area (Å²) in [5.41, 5.74) is 0. The molecule has 424 valence electrons. The summed E-state index contributed by atoms with van der Waals surface area (Å²) in [6, 6.07) is -3.28. The standard InChI is InChI=1S/C40H68N2O31/c1-9(48)41-17-23(54)31(14(6-46)64-35(17)62)70-36-18(42-10(2)49)24(55)32(15(7-47)68-36)71-40-30(61)34(73-39-28(59)26(57)20(51)12(4-44)67-39)22(53)16(69-40)8-63-37-29(60)33(21(52)13(5-45)65-37)72-38-27(58)25(56)19(50)11(3-43)66-38/h11-40,43-47,50-62H,3-8H2,1-2H3,(H,41,48)(H,42,49)/t11-,12-,13-,14-,15-,16-,17-,18-,19-,20-,21-,22-,23-,24-,25+,26+,27+,28+,29+,30+,31-,32-,33+,34+,35-,36+,37-,38-,39-,40+/m1/s1. The molecule has 0 aromatic heterocycles. The molecule has 73 heavy (non-hydrogen) atoms. The van der Waals surface area contributed by atoms with Gasteiger partial charge in [-0.2, -0.15) is 0 Å². The Hall–Kier alpha value is -2.22. The molecule has 6 saturated heterocycles. The first-order valence-electron chi connectivity index (χ1n) is 23.1. The van der Waals surface area contributed by atoms with Crippen LogP contribution in [-0.4, -0.2) is 327 Å². The highest BCUT2D eigenvalue weighted by atomic mass is 16.8. The third kappa shape index (κ3) is 13.0. The quantitative estimate of drug-likeness (QED) is 0.0606. The van der Waals surface area contributed by atoms with Gasteiger partial charge in [0.05, 0.1) is 39.6 Å². The van der Waals surface area contributed by atoms with E-state index in [1.807, 2.05) is 0 Å². The number of carbonyl (C=O) groups is 2. The molecule has 0 saturated carbocycles. The monoisotopic (exact) mass is 1070 g/mol. The molecule has 6 aliphatic rings. The number of nitrogens with one attached hydrogen (secondary N) is 2. The minimum Gasteiger partial charge on any atom is -0.394 e. The van der Waals surface area contributed by atoms with E-state index < -0.39 is 236 Å². The average Bonchev–Trinajstić information content (AvgIpc) is 3.35. The number of aliphatic hydroxyl groups excluding tert-OH is 18. The van der Waals surface area contributed by atoms with Crippen LogP contribution in [0.15, 0.2) is 0 Å². The highest BCUT2D eigenvalue weighted by Crippen LogP contribution is 2.36. The number of rotatable bonds is 18. The first-order valence-corrected chi connectivity index (χ1v) is 23.1. The molecule has 0 unspecified atom stereocenters. The third-order valence-corrected chi connectivity index (χ3v) is 13.2. The molecule has 0 aromatic rings. The molecule has 6 heterocycles. The van der Waals surface area contributed by atoms with Crippen molar-refractivity contribution in [3.63, 3.8) is 0 Å². The van der Waals surface area contributed by atoms with E-state index in [0.717, 1.165) is 13.8 Å². The van der Waals surface area contributed by atoms with Crippen molar-refractivity contribution in [2.45, 2.75) is 198 Å². The number of hydrogen-bond donors (Lipinski definition) is 20. The van der Waals surface area contributed by atoms with Crippen LogP contribution < -0.4 is 10.6 Å². The summed E-state index contributed by atoms with van der Waals surface area (Å²) >= 11 is 0. The van der Waals surface area contributed by atoms with Crippen LogP contribution in [0.3, 0.4) is 0 Å². The fourth-order valence-corrected chi connectivity index (χ4v) is 9.21. The topological polar surface area (TPSA) is 524 Å². The van der Waals surface area contributed by atoms with Gasteiger partial charge in [0.2, 0.25) is 11.8 Å². The Morgan fingerprint density at radius 1 is 0.356 bits per heavy atom. The molecule has 33 heteroatoms. The number of ether oxygens (including phenoxy) is 11. The fourth-order valence-electron chi connectivity index (χ4n) is 9.21. The lowest BCUT2D eigenvalue weighted by molar-refractivity contribution is -0.386. The van der Waals surface area contributed by atoms with Crippen LogP contribution in [0.5, 0.6) is 0 Å². The van der Waals surface area contributed by atoms with E-state index in [-0.39, 0.29) is 0 Å². The molecular weight excluding hydrogens is 1000 g/mol. The SMILES string of the molecule is CC(=O)N[C@@H]1[C@@H](O)[C@H](O[C@@H]2O[C@H](CO)[C@@H](O[C@@H]3O[C@H](CO[C@@H]4O[C@H](CO)[C@@H](O)[C@H](O[C@H]5O[C@H](CO)[C@@H](O)[C@H](O)[C@@H]5O)[C@@H]4O)[C@@H](O)[C@H](O[C@H]4O[C@H](CO)[C@@H](O)[C@H](O)[C@@H]4O)[C@@H]3O)[C@H](O)[C@H]2NC(C)=O)[C@@H](CO)O[C@H]1O. The van der Waals surface area contributed by atoms with Gasteiger partial charge in [0, 0.05) is 13.8 Å². The van der Waals surface area contributed by atoms with Gasteiger partial charge in [0.15, 0.2) is 37.7 Å². The number of aliphatic hydroxyl groups is 18. The van der Waals surface area contributed by atoms with Crippen molar-refractivity contribution in [1.29, 1.82) is 0 Å². The van der Waals surface area contributed by atoms with E-state index in [9.17, 15) is 102 Å². The molecule has 6 aliphatic heterocycles. The summed E-state index contributed by atoms with van der Waals surface area (Å²) < 4.78 is 62.5. The summed E-state index contributed by atoms with van der Waals surface area (Å²) in [5.74, 6) is -1.55. The maximum atomic E-state index is 12.6. The Morgan fingerprint density at radius 3 is 1.18 bits per heavy atom. The molecule has 2 amide bonds. The van der Waals surface area contributed by atoms with Crippen molar-refractivity contribution in [2.24, 2.45) is 0 Å². The Kier molecular flexibility index (Phi) is 21.3. The van der Waals surface area contributed by atoms with Crippen LogP contribution in [0.1, 0.15) is 13.8 Å². The molecule has 20 N–H and O–H groups in total. The molecule has 0 aromatic carbocycles. The van der Waals surface area contributed by atoms with Crippen molar-refractivity contribution < 1.29 is 154 Å². The zero-order chi connectivity index (χ0) is 53.9. The minimum absolute atomic E-state index is 0.716. The number of amides is 2. The summed E-state index contributed by atoms with van der Waals surface area (Å²) in [7, 11) is 0. The highest BCUT2D eigenvalue weighted by molar-refractivity contribution is 5.73. The van der Waals surface area contributed by atoms with Crippen LogP contribution in [0.25, 0.3) is 0 Å². The van der Waals surface area contributed by atoms with E-state index in [4.69, 9.17) is 52.1 Å². The third-order valence-electron chi connectivity index (χ3n) is 13.2. The molecule has 6 rings (SSSR count). The Balaban J connectivity index is 1.26. The maximum absolute atomic E-state index is 12.6. The van der Waals surface area contributed by atoms with Gasteiger partial charge in [-0.25, -0.2) is 0 Å². The van der Waals surface area contributed by atoms with Gasteiger partial charge in [0.25, 0.3) is 0 Å². The van der Waals surface area contributed by atoms with E-state index in [1.54, 1.807) is 0 Å². The second-order valence-electron chi connectivity index (χ2n) is 18.3. The Morgan fingerprint density at radius 2 is 0.699 bits per heavy atom. The zero-order valence-corrected chi connectivity index (χ0v) is 38.9. The van der Waals surface area contributed by atoms with Gasteiger partial charge >= 0.3 is 0 Å². The van der Waals surface area contributed by atoms with Gasteiger partial charge in [-0.1, -0.05) is 0 Å². The van der Waals surface area contributed by atoms with Gasteiger partial charge in [-0.15, -0.1) is 0 Å². The molecular formula is C40H68N2O31. The van der Waals surface area contributed by atoms with Crippen molar-refractivity contribution in [3.8, 4) is 0 Å². The highest BCUT2D eigenvalue weighted by Gasteiger charge is 2.57. The van der Waals surface area contributed by atoms with Crippen molar-refractivity contribution in [3.05, 3.63) is 0 Å². The second-order valence-corrected chi connectivity index (χ2v) is 18.3. The average molecular weight is 1070 g/mol. The first kappa shape index (κ1) is 60.0. The van der Waals surface area contributed by atoms with Crippen LogP contribution >= 0.6 is 0 Å². The van der Waals surface area contributed by atoms with Crippen LogP contribution in [-0.2, 0) is 61.7 Å². The molecule has 6 fully saturated rings. The van der Waals surface area contributed by atoms with E-state index in [0.29, 0.717) is 0 Å². The van der Waals surface area contributed by atoms with E-state index in [2.05, 4.69) is 10.6 Å². The predicted octanol–water partition coefficient (Wildman–Crippen LogP) is -13.8. The summed E-state index contributed by atoms with van der Waals surface area (Å²) in [6.07, 6.45) is -53.5. The van der Waals surface area contributed by atoms with Gasteiger partial charge < -0.3 is 155 Å². The van der Waals surface area contributed by atoms with E-state index in [1.165, 1.54) is 0 Å². The number of carbonyl (C=O) groups excluding carboxylic acids is 2. The first-order chi connectivity index (χ1) is 34.5. The molecule has 0 bridgehead atoms. The van der Waals surface area contributed by atoms with Crippen molar-refractivity contribution in [2.75, 3.05) is 39.6 Å². The maximum Gasteiger partial charge on any atom is 0.217 e.